The number of hydrogen-bond donors (Lipinski definition) is 0. The number of aryl methyl sites for hydroxylation is 1. The molecule has 4 rings (SSSR count). The molecule has 0 aliphatic carbocycles. The maximum Gasteiger partial charge on any atom is 0.243 e. The third kappa shape index (κ3) is 3.96. The molecule has 0 amide bonds. The summed E-state index contributed by atoms with van der Waals surface area (Å²) >= 11 is 0. The van der Waals surface area contributed by atoms with Crippen molar-refractivity contribution < 1.29 is 12.8 Å². The van der Waals surface area contributed by atoms with Crippen molar-refractivity contribution in [2.75, 3.05) is 31.1 Å². The predicted molar refractivity (Wildman–Crippen MR) is 107 cm³/mol. The lowest BCUT2D eigenvalue weighted by molar-refractivity contribution is 0.383. The SMILES string of the molecule is Cc1cc(S(=O)(=O)N2CCN(c3ccc(-c4cccnc4)nn3)CC2)ccc1F. The van der Waals surface area contributed by atoms with Gasteiger partial charge in [-0.05, 0) is 55.0 Å². The number of benzene rings is 1. The molecule has 29 heavy (non-hydrogen) atoms. The number of nitrogens with zero attached hydrogens (tertiary/aromatic N) is 5. The Hall–Kier alpha value is -2.91. The van der Waals surface area contributed by atoms with Crippen LogP contribution in [0.15, 0.2) is 59.8 Å². The Labute approximate surface area is 168 Å². The van der Waals surface area contributed by atoms with E-state index in [-0.39, 0.29) is 4.90 Å². The number of anilines is 1. The fourth-order valence-electron chi connectivity index (χ4n) is 3.25. The van der Waals surface area contributed by atoms with E-state index in [4.69, 9.17) is 0 Å². The van der Waals surface area contributed by atoms with Crippen molar-refractivity contribution in [1.82, 2.24) is 19.5 Å². The highest BCUT2D eigenvalue weighted by atomic mass is 32.2. The monoisotopic (exact) mass is 413 g/mol. The summed E-state index contributed by atoms with van der Waals surface area (Å²) in [5.74, 6) is 0.286. The molecule has 0 atom stereocenters. The first-order chi connectivity index (χ1) is 13.9. The minimum atomic E-state index is -3.65. The van der Waals surface area contributed by atoms with Gasteiger partial charge in [-0.1, -0.05) is 0 Å². The number of pyridine rings is 1. The second-order valence-corrected chi connectivity index (χ2v) is 8.76. The zero-order valence-corrected chi connectivity index (χ0v) is 16.7. The van der Waals surface area contributed by atoms with Gasteiger partial charge in [-0.25, -0.2) is 12.8 Å². The van der Waals surface area contributed by atoms with Gasteiger partial charge in [-0.15, -0.1) is 10.2 Å². The molecule has 0 saturated carbocycles. The van der Waals surface area contributed by atoms with Crippen LogP contribution in [0.1, 0.15) is 5.56 Å². The van der Waals surface area contributed by atoms with Gasteiger partial charge >= 0.3 is 0 Å². The highest BCUT2D eigenvalue weighted by Crippen LogP contribution is 2.22. The summed E-state index contributed by atoms with van der Waals surface area (Å²) in [7, 11) is -3.65. The van der Waals surface area contributed by atoms with E-state index in [1.807, 2.05) is 29.2 Å². The van der Waals surface area contributed by atoms with Gasteiger partial charge in [-0.3, -0.25) is 4.98 Å². The van der Waals surface area contributed by atoms with E-state index >= 15 is 0 Å². The molecule has 0 radical (unpaired) electrons. The molecule has 7 nitrogen and oxygen atoms in total. The number of hydrogen-bond acceptors (Lipinski definition) is 6. The predicted octanol–water partition coefficient (Wildman–Crippen LogP) is 2.50. The van der Waals surface area contributed by atoms with Crippen LogP contribution < -0.4 is 4.90 Å². The largest absolute Gasteiger partial charge is 0.352 e. The van der Waals surface area contributed by atoms with E-state index in [0.717, 1.165) is 11.3 Å². The topological polar surface area (TPSA) is 79.3 Å². The van der Waals surface area contributed by atoms with E-state index < -0.39 is 15.8 Å². The molecule has 9 heteroatoms. The Kier molecular flexibility index (Phi) is 5.25. The van der Waals surface area contributed by atoms with E-state index in [1.165, 1.54) is 22.5 Å². The Balaban J connectivity index is 1.44. The standard InChI is InChI=1S/C20H20FN5O2S/c1-15-13-17(4-5-18(15)21)29(27,28)26-11-9-25(10-12-26)20-7-6-19(23-24-20)16-3-2-8-22-14-16/h2-8,13-14H,9-12H2,1H3. The molecule has 3 aromatic rings. The maximum atomic E-state index is 13.5. The number of piperazine rings is 1. The number of halogens is 1. The van der Waals surface area contributed by atoms with Gasteiger partial charge in [0.05, 0.1) is 10.6 Å². The summed E-state index contributed by atoms with van der Waals surface area (Å²) in [4.78, 5) is 6.20. The van der Waals surface area contributed by atoms with Crippen molar-refractivity contribution in [2.24, 2.45) is 0 Å². The van der Waals surface area contributed by atoms with Gasteiger partial charge < -0.3 is 4.90 Å². The molecule has 0 spiro atoms. The van der Waals surface area contributed by atoms with Crippen LogP contribution in [0.2, 0.25) is 0 Å². The summed E-state index contributed by atoms with van der Waals surface area (Å²) in [6.45, 7) is 3.20. The van der Waals surface area contributed by atoms with Crippen LogP contribution in [-0.4, -0.2) is 54.1 Å². The van der Waals surface area contributed by atoms with Gasteiger partial charge in [0.2, 0.25) is 10.0 Å². The molecule has 1 aliphatic rings. The maximum absolute atomic E-state index is 13.5. The Morgan fingerprint density at radius 1 is 1.00 bits per heavy atom. The molecular formula is C20H20FN5O2S. The first-order valence-electron chi connectivity index (χ1n) is 9.20. The average molecular weight is 413 g/mol. The fourth-order valence-corrected chi connectivity index (χ4v) is 4.75. The molecule has 1 fully saturated rings. The van der Waals surface area contributed by atoms with Crippen LogP contribution in [0.3, 0.4) is 0 Å². The van der Waals surface area contributed by atoms with Gasteiger partial charge in [0, 0.05) is 44.1 Å². The van der Waals surface area contributed by atoms with Crippen LogP contribution in [0.4, 0.5) is 10.2 Å². The van der Waals surface area contributed by atoms with Gasteiger partial charge in [0.25, 0.3) is 0 Å². The molecule has 1 aliphatic heterocycles. The summed E-state index contributed by atoms with van der Waals surface area (Å²) in [5, 5.41) is 8.54. The Morgan fingerprint density at radius 3 is 2.41 bits per heavy atom. The van der Waals surface area contributed by atoms with Crippen molar-refractivity contribution in [3.63, 3.8) is 0 Å². The number of aromatic nitrogens is 3. The van der Waals surface area contributed by atoms with E-state index in [1.54, 1.807) is 19.3 Å². The Bertz CT molecular complexity index is 1100. The van der Waals surface area contributed by atoms with Crippen LogP contribution in [0.25, 0.3) is 11.3 Å². The average Bonchev–Trinajstić information content (AvgIpc) is 2.76. The lowest BCUT2D eigenvalue weighted by Crippen LogP contribution is -2.49. The first kappa shape index (κ1) is 19.4. The molecular weight excluding hydrogens is 393 g/mol. The third-order valence-corrected chi connectivity index (χ3v) is 6.83. The molecule has 0 bridgehead atoms. The summed E-state index contributed by atoms with van der Waals surface area (Å²) in [6.07, 6.45) is 3.43. The highest BCUT2D eigenvalue weighted by molar-refractivity contribution is 7.89. The van der Waals surface area contributed by atoms with Crippen LogP contribution in [0.5, 0.6) is 0 Å². The van der Waals surface area contributed by atoms with Crippen molar-refractivity contribution in [2.45, 2.75) is 11.8 Å². The minimum absolute atomic E-state index is 0.116. The van der Waals surface area contributed by atoms with Crippen molar-refractivity contribution in [3.8, 4) is 11.3 Å². The van der Waals surface area contributed by atoms with Crippen molar-refractivity contribution in [3.05, 3.63) is 66.2 Å². The molecule has 0 unspecified atom stereocenters. The van der Waals surface area contributed by atoms with E-state index in [2.05, 4.69) is 15.2 Å². The minimum Gasteiger partial charge on any atom is -0.352 e. The second-order valence-electron chi connectivity index (χ2n) is 6.82. The molecule has 2 aromatic heterocycles. The van der Waals surface area contributed by atoms with Crippen molar-refractivity contribution in [1.29, 1.82) is 0 Å². The highest BCUT2D eigenvalue weighted by Gasteiger charge is 2.29. The lowest BCUT2D eigenvalue weighted by atomic mass is 10.2. The quantitative estimate of drug-likeness (QED) is 0.654. The molecule has 150 valence electrons. The summed E-state index contributed by atoms with van der Waals surface area (Å²) < 4.78 is 40.6. The molecule has 0 N–H and O–H groups in total. The molecule has 3 heterocycles. The summed E-state index contributed by atoms with van der Waals surface area (Å²) in [6, 6.07) is 11.4. The first-order valence-corrected chi connectivity index (χ1v) is 10.6. The van der Waals surface area contributed by atoms with Gasteiger partial charge in [0.1, 0.15) is 5.82 Å². The second kappa shape index (κ2) is 7.84. The van der Waals surface area contributed by atoms with Gasteiger partial charge in [0.15, 0.2) is 5.82 Å². The Morgan fingerprint density at radius 2 is 1.79 bits per heavy atom. The fraction of sp³-hybridized carbons (Fsp3) is 0.250. The smallest absolute Gasteiger partial charge is 0.243 e. The molecule has 1 aromatic carbocycles. The van der Waals surface area contributed by atoms with Crippen LogP contribution in [0, 0.1) is 12.7 Å². The third-order valence-electron chi connectivity index (χ3n) is 4.94. The van der Waals surface area contributed by atoms with Crippen LogP contribution >= 0.6 is 0 Å². The number of sulfonamides is 1. The lowest BCUT2D eigenvalue weighted by Gasteiger charge is -2.34. The van der Waals surface area contributed by atoms with Crippen LogP contribution in [-0.2, 0) is 10.0 Å². The zero-order valence-electron chi connectivity index (χ0n) is 15.9. The van der Waals surface area contributed by atoms with Gasteiger partial charge in [-0.2, -0.15) is 4.31 Å². The van der Waals surface area contributed by atoms with E-state index in [0.29, 0.717) is 37.6 Å². The molecule has 1 saturated heterocycles. The van der Waals surface area contributed by atoms with E-state index in [9.17, 15) is 12.8 Å². The number of rotatable bonds is 4. The van der Waals surface area contributed by atoms with Crippen molar-refractivity contribution >= 4 is 15.8 Å². The normalized spacial score (nSPS) is 15.4. The zero-order chi connectivity index (χ0) is 20.4. The summed E-state index contributed by atoms with van der Waals surface area (Å²) in [5.41, 5.74) is 1.93.